The third-order valence-electron chi connectivity index (χ3n) is 5.48. The summed E-state index contributed by atoms with van der Waals surface area (Å²) in [5, 5.41) is 12.4. The van der Waals surface area contributed by atoms with Gasteiger partial charge in [0.15, 0.2) is 0 Å². The van der Waals surface area contributed by atoms with E-state index in [2.05, 4.69) is 40.6 Å². The maximum Gasteiger partial charge on any atom is 0.140 e. The lowest BCUT2D eigenvalue weighted by Gasteiger charge is -2.30. The summed E-state index contributed by atoms with van der Waals surface area (Å²) in [4.78, 5) is 2.56. The van der Waals surface area contributed by atoms with Crippen LogP contribution in [-0.4, -0.2) is 37.1 Å². The largest absolute Gasteiger partial charge is 0.484 e. The standard InChI is InChI=1S/C21H23N3O/c1-23-17-10-11-24(14-17)20-12-16-4-2-3-5-19(16)21(20)25-18-8-6-15(13-22)7-9-18/h2-9,17,20-21,23H,10-12,14H2,1H3. The molecule has 0 aromatic heterocycles. The Morgan fingerprint density at radius 3 is 2.68 bits per heavy atom. The van der Waals surface area contributed by atoms with E-state index in [1.165, 1.54) is 17.5 Å². The van der Waals surface area contributed by atoms with E-state index in [-0.39, 0.29) is 6.10 Å². The average molecular weight is 333 g/mol. The zero-order chi connectivity index (χ0) is 17.2. The van der Waals surface area contributed by atoms with Crippen LogP contribution in [0.2, 0.25) is 0 Å². The first-order valence-corrected chi connectivity index (χ1v) is 8.94. The average Bonchev–Trinajstić information content (AvgIpc) is 3.27. The van der Waals surface area contributed by atoms with Gasteiger partial charge in [-0.1, -0.05) is 24.3 Å². The number of hydrogen-bond acceptors (Lipinski definition) is 4. The van der Waals surface area contributed by atoms with E-state index in [9.17, 15) is 0 Å². The first-order chi connectivity index (χ1) is 12.3. The van der Waals surface area contributed by atoms with Crippen LogP contribution in [0.3, 0.4) is 0 Å². The number of nitrogens with zero attached hydrogens (tertiary/aromatic N) is 2. The van der Waals surface area contributed by atoms with Crippen LogP contribution in [0.4, 0.5) is 0 Å². The zero-order valence-electron chi connectivity index (χ0n) is 14.5. The Balaban J connectivity index is 1.59. The Labute approximate surface area is 149 Å². The molecule has 3 atom stereocenters. The fourth-order valence-electron chi connectivity index (χ4n) is 4.08. The number of hydrogen-bond donors (Lipinski definition) is 1. The van der Waals surface area contributed by atoms with E-state index >= 15 is 0 Å². The van der Waals surface area contributed by atoms with Gasteiger partial charge in [0.05, 0.1) is 17.7 Å². The van der Waals surface area contributed by atoms with Crippen LogP contribution in [0, 0.1) is 11.3 Å². The van der Waals surface area contributed by atoms with Crippen LogP contribution in [0.5, 0.6) is 5.75 Å². The molecular weight excluding hydrogens is 310 g/mol. The minimum atomic E-state index is 0.0414. The van der Waals surface area contributed by atoms with Crippen molar-refractivity contribution in [2.45, 2.75) is 31.0 Å². The molecule has 4 nitrogen and oxygen atoms in total. The van der Waals surface area contributed by atoms with Gasteiger partial charge >= 0.3 is 0 Å². The molecule has 1 N–H and O–H groups in total. The van der Waals surface area contributed by atoms with E-state index in [0.29, 0.717) is 17.6 Å². The number of likely N-dealkylation sites (N-methyl/N-ethyl adjacent to an activating group) is 1. The van der Waals surface area contributed by atoms with Crippen LogP contribution in [0.1, 0.15) is 29.2 Å². The van der Waals surface area contributed by atoms with Crippen molar-refractivity contribution in [1.29, 1.82) is 5.26 Å². The van der Waals surface area contributed by atoms with Gasteiger partial charge in [0, 0.05) is 19.1 Å². The quantitative estimate of drug-likeness (QED) is 0.935. The topological polar surface area (TPSA) is 48.3 Å². The monoisotopic (exact) mass is 333 g/mol. The molecule has 2 aromatic carbocycles. The fourth-order valence-corrected chi connectivity index (χ4v) is 4.08. The molecule has 2 aromatic rings. The molecule has 2 aliphatic rings. The smallest absolute Gasteiger partial charge is 0.140 e. The van der Waals surface area contributed by atoms with Crippen LogP contribution >= 0.6 is 0 Å². The Morgan fingerprint density at radius 1 is 1.16 bits per heavy atom. The Bertz CT molecular complexity index is 780. The number of nitrogens with one attached hydrogen (secondary N) is 1. The molecule has 1 saturated heterocycles. The maximum atomic E-state index is 8.97. The van der Waals surface area contributed by atoms with E-state index in [1.807, 2.05) is 31.3 Å². The van der Waals surface area contributed by atoms with Crippen molar-refractivity contribution in [2.24, 2.45) is 0 Å². The van der Waals surface area contributed by atoms with Gasteiger partial charge in [0.1, 0.15) is 11.9 Å². The number of ether oxygens (including phenoxy) is 1. The minimum absolute atomic E-state index is 0.0414. The normalized spacial score (nSPS) is 25.5. The molecule has 0 saturated carbocycles. The molecular formula is C21H23N3O. The molecule has 0 amide bonds. The highest BCUT2D eigenvalue weighted by Crippen LogP contribution is 2.39. The summed E-state index contributed by atoms with van der Waals surface area (Å²) in [6.45, 7) is 2.18. The summed E-state index contributed by atoms with van der Waals surface area (Å²) in [5.41, 5.74) is 3.34. The van der Waals surface area contributed by atoms with Gasteiger partial charge in [-0.15, -0.1) is 0 Å². The minimum Gasteiger partial charge on any atom is -0.484 e. The molecule has 1 aliphatic carbocycles. The van der Waals surface area contributed by atoms with Gasteiger partial charge < -0.3 is 10.1 Å². The lowest BCUT2D eigenvalue weighted by atomic mass is 10.1. The molecule has 1 heterocycles. The second-order valence-electron chi connectivity index (χ2n) is 6.91. The lowest BCUT2D eigenvalue weighted by molar-refractivity contribution is 0.0927. The molecule has 0 spiro atoms. The van der Waals surface area contributed by atoms with Crippen molar-refractivity contribution in [2.75, 3.05) is 20.1 Å². The van der Waals surface area contributed by atoms with Crippen LogP contribution in [0.25, 0.3) is 0 Å². The van der Waals surface area contributed by atoms with Crippen molar-refractivity contribution in [3.05, 3.63) is 65.2 Å². The van der Waals surface area contributed by atoms with Crippen molar-refractivity contribution < 1.29 is 4.74 Å². The molecule has 3 unspecified atom stereocenters. The molecule has 0 radical (unpaired) electrons. The number of rotatable bonds is 4. The predicted octanol–water partition coefficient (Wildman–Crippen LogP) is 2.90. The summed E-state index contributed by atoms with van der Waals surface area (Å²) in [7, 11) is 2.04. The Kier molecular flexibility index (Phi) is 4.44. The highest BCUT2D eigenvalue weighted by atomic mass is 16.5. The van der Waals surface area contributed by atoms with Crippen molar-refractivity contribution in [3.8, 4) is 11.8 Å². The summed E-state index contributed by atoms with van der Waals surface area (Å²) in [6, 6.07) is 19.1. The van der Waals surface area contributed by atoms with E-state index in [1.54, 1.807) is 0 Å². The third kappa shape index (κ3) is 3.13. The molecule has 0 bridgehead atoms. The van der Waals surface area contributed by atoms with Crippen LogP contribution in [-0.2, 0) is 6.42 Å². The van der Waals surface area contributed by atoms with Crippen molar-refractivity contribution in [1.82, 2.24) is 10.2 Å². The maximum absolute atomic E-state index is 8.97. The third-order valence-corrected chi connectivity index (χ3v) is 5.48. The van der Waals surface area contributed by atoms with Crippen molar-refractivity contribution >= 4 is 0 Å². The molecule has 25 heavy (non-hydrogen) atoms. The van der Waals surface area contributed by atoms with Gasteiger partial charge in [-0.05, 0) is 55.3 Å². The van der Waals surface area contributed by atoms with Crippen LogP contribution in [0.15, 0.2) is 48.5 Å². The number of likely N-dealkylation sites (tertiary alicyclic amines) is 1. The Morgan fingerprint density at radius 2 is 1.96 bits per heavy atom. The van der Waals surface area contributed by atoms with Gasteiger partial charge in [-0.25, -0.2) is 0 Å². The molecule has 4 rings (SSSR count). The summed E-state index contributed by atoms with van der Waals surface area (Å²) in [6.07, 6.45) is 2.26. The summed E-state index contributed by atoms with van der Waals surface area (Å²) >= 11 is 0. The first kappa shape index (κ1) is 16.1. The van der Waals surface area contributed by atoms with Gasteiger partial charge in [-0.3, -0.25) is 4.90 Å². The second-order valence-corrected chi connectivity index (χ2v) is 6.91. The van der Waals surface area contributed by atoms with E-state index in [0.717, 1.165) is 25.3 Å². The van der Waals surface area contributed by atoms with E-state index < -0.39 is 0 Å². The summed E-state index contributed by atoms with van der Waals surface area (Å²) < 4.78 is 6.42. The highest BCUT2D eigenvalue weighted by molar-refractivity contribution is 5.39. The second kappa shape index (κ2) is 6.87. The van der Waals surface area contributed by atoms with E-state index in [4.69, 9.17) is 10.00 Å². The fraction of sp³-hybridized carbons (Fsp3) is 0.381. The van der Waals surface area contributed by atoms with Gasteiger partial charge in [-0.2, -0.15) is 5.26 Å². The highest BCUT2D eigenvalue weighted by Gasteiger charge is 2.40. The van der Waals surface area contributed by atoms with Gasteiger partial charge in [0.2, 0.25) is 0 Å². The number of fused-ring (bicyclic) bond motifs is 1. The molecule has 128 valence electrons. The SMILES string of the molecule is CNC1CCN(C2Cc3ccccc3C2Oc2ccc(C#N)cc2)C1. The predicted molar refractivity (Wildman–Crippen MR) is 97.5 cm³/mol. The lowest BCUT2D eigenvalue weighted by Crippen LogP contribution is -2.40. The molecule has 1 aliphatic heterocycles. The zero-order valence-corrected chi connectivity index (χ0v) is 14.5. The van der Waals surface area contributed by atoms with Crippen LogP contribution < -0.4 is 10.1 Å². The summed E-state index contributed by atoms with van der Waals surface area (Å²) in [5.74, 6) is 0.829. The molecule has 4 heteroatoms. The van der Waals surface area contributed by atoms with Crippen molar-refractivity contribution in [3.63, 3.8) is 0 Å². The molecule has 1 fully saturated rings. The number of benzene rings is 2. The number of nitriles is 1. The first-order valence-electron chi connectivity index (χ1n) is 8.94. The Hall–Kier alpha value is -2.35. The van der Waals surface area contributed by atoms with Gasteiger partial charge in [0.25, 0.3) is 0 Å².